The standard InChI is InChI=1S/C11H17ClN2O/c1-15-11-4-2-3-10(5-11)14-8-9(6-12)7-13-14/h7-8,10-11H,2-6H2,1H3. The molecule has 1 aliphatic rings. The molecule has 0 aliphatic heterocycles. The first-order valence-electron chi connectivity index (χ1n) is 5.45. The van der Waals surface area contributed by atoms with Gasteiger partial charge in [0.05, 0.1) is 24.2 Å². The van der Waals surface area contributed by atoms with Gasteiger partial charge in [-0.05, 0) is 25.7 Å². The summed E-state index contributed by atoms with van der Waals surface area (Å²) in [6, 6.07) is 0.487. The molecule has 0 amide bonds. The van der Waals surface area contributed by atoms with Gasteiger partial charge in [-0.2, -0.15) is 5.10 Å². The third-order valence-electron chi connectivity index (χ3n) is 3.12. The fourth-order valence-electron chi connectivity index (χ4n) is 2.22. The zero-order chi connectivity index (χ0) is 10.7. The molecule has 1 saturated carbocycles. The fraction of sp³-hybridized carbons (Fsp3) is 0.727. The van der Waals surface area contributed by atoms with E-state index in [4.69, 9.17) is 16.3 Å². The van der Waals surface area contributed by atoms with Crippen LogP contribution in [-0.2, 0) is 10.6 Å². The lowest BCUT2D eigenvalue weighted by Crippen LogP contribution is -2.24. The Kier molecular flexibility index (Phi) is 3.65. The van der Waals surface area contributed by atoms with Crippen LogP contribution in [0.4, 0.5) is 0 Å². The Labute approximate surface area is 95.4 Å². The van der Waals surface area contributed by atoms with Gasteiger partial charge in [-0.3, -0.25) is 4.68 Å². The van der Waals surface area contributed by atoms with E-state index < -0.39 is 0 Å². The minimum atomic E-state index is 0.396. The highest BCUT2D eigenvalue weighted by Gasteiger charge is 2.23. The monoisotopic (exact) mass is 228 g/mol. The van der Waals surface area contributed by atoms with Crippen molar-refractivity contribution in [2.45, 2.75) is 43.7 Å². The first-order valence-corrected chi connectivity index (χ1v) is 5.98. The molecule has 3 nitrogen and oxygen atoms in total. The number of rotatable bonds is 3. The van der Waals surface area contributed by atoms with Gasteiger partial charge in [0.1, 0.15) is 0 Å². The molecule has 0 spiro atoms. The Morgan fingerprint density at radius 1 is 1.60 bits per heavy atom. The lowest BCUT2D eigenvalue weighted by Gasteiger charge is -2.28. The molecule has 1 aromatic rings. The molecule has 1 fully saturated rings. The average molecular weight is 229 g/mol. The zero-order valence-corrected chi connectivity index (χ0v) is 9.78. The molecule has 1 aromatic heterocycles. The van der Waals surface area contributed by atoms with Gasteiger partial charge in [0.2, 0.25) is 0 Å². The second kappa shape index (κ2) is 4.99. The van der Waals surface area contributed by atoms with Gasteiger partial charge < -0.3 is 4.74 Å². The molecule has 0 saturated heterocycles. The van der Waals surface area contributed by atoms with Gasteiger partial charge in [0.25, 0.3) is 0 Å². The molecule has 2 atom stereocenters. The van der Waals surface area contributed by atoms with E-state index in [1.807, 2.05) is 10.9 Å². The van der Waals surface area contributed by atoms with E-state index in [9.17, 15) is 0 Å². The first-order chi connectivity index (χ1) is 7.33. The number of halogens is 1. The predicted octanol–water partition coefficient (Wildman–Crippen LogP) is 2.75. The maximum atomic E-state index is 5.76. The Balaban J connectivity index is 2.03. The third-order valence-corrected chi connectivity index (χ3v) is 3.42. The van der Waals surface area contributed by atoms with E-state index in [1.165, 1.54) is 19.3 Å². The largest absolute Gasteiger partial charge is 0.381 e. The van der Waals surface area contributed by atoms with Gasteiger partial charge in [0.15, 0.2) is 0 Å². The normalized spacial score (nSPS) is 26.8. The van der Waals surface area contributed by atoms with Crippen LogP contribution in [-0.4, -0.2) is 23.0 Å². The van der Waals surface area contributed by atoms with Crippen LogP contribution in [0.3, 0.4) is 0 Å². The first kappa shape index (κ1) is 11.0. The van der Waals surface area contributed by atoms with E-state index >= 15 is 0 Å². The minimum absolute atomic E-state index is 0.396. The molecule has 1 aliphatic carbocycles. The van der Waals surface area contributed by atoms with E-state index in [0.717, 1.165) is 12.0 Å². The summed E-state index contributed by atoms with van der Waals surface area (Å²) in [7, 11) is 1.79. The van der Waals surface area contributed by atoms with Crippen molar-refractivity contribution in [3.05, 3.63) is 18.0 Å². The molecule has 2 unspecified atom stereocenters. The number of ether oxygens (including phenoxy) is 1. The third kappa shape index (κ3) is 2.52. The van der Waals surface area contributed by atoms with E-state index in [-0.39, 0.29) is 0 Å². The van der Waals surface area contributed by atoms with Crippen molar-refractivity contribution >= 4 is 11.6 Å². The Bertz CT molecular complexity index is 313. The number of aromatic nitrogens is 2. The Hall–Kier alpha value is -0.540. The van der Waals surface area contributed by atoms with Crippen LogP contribution >= 0.6 is 11.6 Å². The molecule has 0 N–H and O–H groups in total. The van der Waals surface area contributed by atoms with Crippen molar-refractivity contribution in [2.24, 2.45) is 0 Å². The van der Waals surface area contributed by atoms with Crippen LogP contribution in [0.1, 0.15) is 37.3 Å². The summed E-state index contributed by atoms with van der Waals surface area (Å²) < 4.78 is 7.45. The van der Waals surface area contributed by atoms with Crippen molar-refractivity contribution in [1.82, 2.24) is 9.78 Å². The van der Waals surface area contributed by atoms with Crippen molar-refractivity contribution in [3.63, 3.8) is 0 Å². The second-order valence-corrected chi connectivity index (χ2v) is 4.41. The van der Waals surface area contributed by atoms with Gasteiger partial charge >= 0.3 is 0 Å². The van der Waals surface area contributed by atoms with Crippen molar-refractivity contribution in [3.8, 4) is 0 Å². The molecule has 15 heavy (non-hydrogen) atoms. The molecule has 0 bridgehead atoms. The highest BCUT2D eigenvalue weighted by Crippen LogP contribution is 2.29. The van der Waals surface area contributed by atoms with Crippen LogP contribution in [0.2, 0.25) is 0 Å². The van der Waals surface area contributed by atoms with E-state index in [2.05, 4.69) is 11.3 Å². The van der Waals surface area contributed by atoms with Gasteiger partial charge in [-0.15, -0.1) is 11.6 Å². The summed E-state index contributed by atoms with van der Waals surface area (Å²) in [4.78, 5) is 0. The summed E-state index contributed by atoms with van der Waals surface area (Å²) in [5.41, 5.74) is 1.09. The van der Waals surface area contributed by atoms with Crippen LogP contribution in [0.5, 0.6) is 0 Å². The SMILES string of the molecule is COC1CCCC(n2cc(CCl)cn2)C1. The average Bonchev–Trinajstić information content (AvgIpc) is 2.78. The van der Waals surface area contributed by atoms with Crippen LogP contribution in [0.25, 0.3) is 0 Å². The molecule has 84 valence electrons. The maximum Gasteiger partial charge on any atom is 0.0591 e. The quantitative estimate of drug-likeness (QED) is 0.744. The number of methoxy groups -OCH3 is 1. The molecular weight excluding hydrogens is 212 g/mol. The molecule has 4 heteroatoms. The fourth-order valence-corrected chi connectivity index (χ4v) is 2.36. The van der Waals surface area contributed by atoms with Crippen LogP contribution in [0, 0.1) is 0 Å². The van der Waals surface area contributed by atoms with Crippen LogP contribution in [0.15, 0.2) is 12.4 Å². The lowest BCUT2D eigenvalue weighted by molar-refractivity contribution is 0.0508. The molecule has 0 aromatic carbocycles. The van der Waals surface area contributed by atoms with Crippen molar-refractivity contribution in [2.75, 3.05) is 7.11 Å². The molecule has 1 heterocycles. The van der Waals surface area contributed by atoms with Crippen LogP contribution < -0.4 is 0 Å². The number of hydrogen-bond acceptors (Lipinski definition) is 2. The highest BCUT2D eigenvalue weighted by molar-refractivity contribution is 6.17. The zero-order valence-electron chi connectivity index (χ0n) is 9.03. The summed E-state index contributed by atoms with van der Waals surface area (Å²) in [5, 5.41) is 4.36. The predicted molar refractivity (Wildman–Crippen MR) is 60.1 cm³/mol. The summed E-state index contributed by atoms with van der Waals surface area (Å²) in [6.07, 6.45) is 8.96. The molecule has 0 radical (unpaired) electrons. The van der Waals surface area contributed by atoms with Crippen molar-refractivity contribution < 1.29 is 4.74 Å². The summed E-state index contributed by atoms with van der Waals surface area (Å²) in [6.45, 7) is 0. The summed E-state index contributed by atoms with van der Waals surface area (Å²) in [5.74, 6) is 0.542. The number of hydrogen-bond donors (Lipinski definition) is 0. The topological polar surface area (TPSA) is 27.1 Å². The Morgan fingerprint density at radius 2 is 2.47 bits per heavy atom. The lowest BCUT2D eigenvalue weighted by atomic mass is 9.93. The number of alkyl halides is 1. The van der Waals surface area contributed by atoms with Gasteiger partial charge in [0, 0.05) is 18.9 Å². The highest BCUT2D eigenvalue weighted by atomic mass is 35.5. The van der Waals surface area contributed by atoms with Gasteiger partial charge in [-0.25, -0.2) is 0 Å². The molecular formula is C11H17ClN2O. The Morgan fingerprint density at radius 3 is 3.13 bits per heavy atom. The smallest absolute Gasteiger partial charge is 0.0591 e. The van der Waals surface area contributed by atoms with Crippen molar-refractivity contribution in [1.29, 1.82) is 0 Å². The van der Waals surface area contributed by atoms with E-state index in [0.29, 0.717) is 18.0 Å². The summed E-state index contributed by atoms with van der Waals surface area (Å²) >= 11 is 5.76. The minimum Gasteiger partial charge on any atom is -0.381 e. The molecule has 2 rings (SSSR count). The number of nitrogens with zero attached hydrogens (tertiary/aromatic N) is 2. The second-order valence-electron chi connectivity index (χ2n) is 4.14. The maximum absolute atomic E-state index is 5.76. The van der Waals surface area contributed by atoms with Gasteiger partial charge in [-0.1, -0.05) is 0 Å². The van der Waals surface area contributed by atoms with E-state index in [1.54, 1.807) is 7.11 Å².